The predicted molar refractivity (Wildman–Crippen MR) is 104 cm³/mol. The fourth-order valence-corrected chi connectivity index (χ4v) is 2.42. The fourth-order valence-electron chi connectivity index (χ4n) is 2.42. The van der Waals surface area contributed by atoms with Crippen molar-refractivity contribution in [1.29, 1.82) is 0 Å². The van der Waals surface area contributed by atoms with Crippen LogP contribution in [0.15, 0.2) is 54.6 Å². The molecule has 0 aliphatic rings. The molecular weight excluding hydrogens is 360 g/mol. The third-order valence-corrected chi connectivity index (χ3v) is 4.06. The summed E-state index contributed by atoms with van der Waals surface area (Å²) in [5, 5.41) is 14.3. The van der Waals surface area contributed by atoms with Gasteiger partial charge in [0.25, 0.3) is 5.91 Å². The molecule has 7 heteroatoms. The Bertz CT molecular complexity index is 790. The Kier molecular flexibility index (Phi) is 8.02. The Hall–Kier alpha value is -3.35. The normalized spacial score (nSPS) is 11.3. The minimum Gasteiger partial charge on any atom is -0.493 e. The lowest BCUT2D eigenvalue weighted by Crippen LogP contribution is -2.40. The van der Waals surface area contributed by atoms with Crippen LogP contribution in [0.1, 0.15) is 35.7 Å². The lowest BCUT2D eigenvalue weighted by Gasteiger charge is -2.12. The molecular formula is C21H24N2O5. The summed E-state index contributed by atoms with van der Waals surface area (Å²) in [4.78, 5) is 35.0. The van der Waals surface area contributed by atoms with Gasteiger partial charge in [0, 0.05) is 12.1 Å². The summed E-state index contributed by atoms with van der Waals surface area (Å²) in [6, 6.07) is 15.0. The summed E-state index contributed by atoms with van der Waals surface area (Å²) in [6.07, 6.45) is 0.544. The molecule has 2 amide bonds. The minimum atomic E-state index is -1.06. The van der Waals surface area contributed by atoms with Gasteiger partial charge in [0.05, 0.1) is 13.0 Å². The van der Waals surface area contributed by atoms with Crippen molar-refractivity contribution in [3.05, 3.63) is 65.7 Å². The minimum absolute atomic E-state index is 0.134. The van der Waals surface area contributed by atoms with Crippen LogP contribution in [0, 0.1) is 0 Å². The van der Waals surface area contributed by atoms with E-state index in [4.69, 9.17) is 9.84 Å². The highest BCUT2D eigenvalue weighted by molar-refractivity contribution is 5.96. The number of nitrogens with one attached hydrogen (secondary N) is 2. The molecule has 1 atom stereocenters. The number of hydrogen-bond donors (Lipinski definition) is 3. The summed E-state index contributed by atoms with van der Waals surface area (Å²) in [6.45, 7) is 2.31. The van der Waals surface area contributed by atoms with Crippen LogP contribution in [-0.4, -0.2) is 35.5 Å². The molecule has 3 N–H and O–H groups in total. The van der Waals surface area contributed by atoms with Crippen molar-refractivity contribution >= 4 is 17.8 Å². The Morgan fingerprint density at radius 1 is 1.04 bits per heavy atom. The third kappa shape index (κ3) is 6.75. The van der Waals surface area contributed by atoms with E-state index in [1.807, 2.05) is 30.3 Å². The standard InChI is InChI=1S/C21H24N2O5/c1-2-18(21(26)27)23-20(25)16-10-8-15(9-11-16)14-22-19(24)12-13-28-17-6-4-3-5-7-17/h3-11,18H,2,12-14H2,1H3,(H,22,24)(H,23,25)(H,26,27). The molecule has 0 heterocycles. The molecule has 28 heavy (non-hydrogen) atoms. The van der Waals surface area contributed by atoms with Gasteiger partial charge < -0.3 is 20.5 Å². The molecule has 0 saturated heterocycles. The maximum Gasteiger partial charge on any atom is 0.326 e. The second-order valence-corrected chi connectivity index (χ2v) is 6.16. The van der Waals surface area contributed by atoms with Crippen molar-refractivity contribution in [2.24, 2.45) is 0 Å². The van der Waals surface area contributed by atoms with Gasteiger partial charge in [-0.05, 0) is 36.2 Å². The highest BCUT2D eigenvalue weighted by atomic mass is 16.5. The predicted octanol–water partition coefficient (Wildman–Crippen LogP) is 2.36. The first kappa shape index (κ1) is 21.0. The number of hydrogen-bond acceptors (Lipinski definition) is 4. The van der Waals surface area contributed by atoms with Crippen LogP contribution in [0.3, 0.4) is 0 Å². The number of benzene rings is 2. The van der Waals surface area contributed by atoms with Crippen molar-refractivity contribution in [3.63, 3.8) is 0 Å². The number of aliphatic carboxylic acids is 1. The maximum absolute atomic E-state index is 12.1. The number of carboxylic acid groups (broad SMARTS) is 1. The van der Waals surface area contributed by atoms with Crippen molar-refractivity contribution < 1.29 is 24.2 Å². The van der Waals surface area contributed by atoms with Crippen LogP contribution in [0.4, 0.5) is 0 Å². The Morgan fingerprint density at radius 2 is 1.71 bits per heavy atom. The molecule has 0 saturated carbocycles. The lowest BCUT2D eigenvalue weighted by atomic mass is 10.1. The van der Waals surface area contributed by atoms with E-state index in [0.717, 1.165) is 11.3 Å². The van der Waals surface area contributed by atoms with Crippen LogP contribution < -0.4 is 15.4 Å². The molecule has 2 aromatic carbocycles. The van der Waals surface area contributed by atoms with Crippen molar-refractivity contribution in [3.8, 4) is 5.75 Å². The van der Waals surface area contributed by atoms with E-state index in [-0.39, 0.29) is 18.9 Å². The summed E-state index contributed by atoms with van der Waals surface area (Å²) >= 11 is 0. The molecule has 0 radical (unpaired) electrons. The molecule has 0 fully saturated rings. The fraction of sp³-hybridized carbons (Fsp3) is 0.286. The monoisotopic (exact) mass is 384 g/mol. The van der Waals surface area contributed by atoms with Gasteiger partial charge in [0.2, 0.25) is 5.91 Å². The van der Waals surface area contributed by atoms with Gasteiger partial charge >= 0.3 is 5.97 Å². The van der Waals surface area contributed by atoms with E-state index in [9.17, 15) is 14.4 Å². The second-order valence-electron chi connectivity index (χ2n) is 6.16. The average molecular weight is 384 g/mol. The number of carbonyl (C=O) groups is 3. The van der Waals surface area contributed by atoms with E-state index >= 15 is 0 Å². The van der Waals surface area contributed by atoms with E-state index in [2.05, 4.69) is 10.6 Å². The number of rotatable bonds is 10. The van der Waals surface area contributed by atoms with Crippen LogP contribution in [0.25, 0.3) is 0 Å². The van der Waals surface area contributed by atoms with Crippen molar-refractivity contribution in [2.75, 3.05) is 6.61 Å². The first-order valence-electron chi connectivity index (χ1n) is 9.06. The van der Waals surface area contributed by atoms with Crippen LogP contribution in [0.5, 0.6) is 5.75 Å². The SMILES string of the molecule is CCC(NC(=O)c1ccc(CNC(=O)CCOc2ccccc2)cc1)C(=O)O. The van der Waals surface area contributed by atoms with E-state index < -0.39 is 17.9 Å². The molecule has 0 aromatic heterocycles. The number of carboxylic acids is 1. The van der Waals surface area contributed by atoms with Crippen LogP contribution >= 0.6 is 0 Å². The van der Waals surface area contributed by atoms with Gasteiger partial charge in [-0.1, -0.05) is 37.3 Å². The second kappa shape index (κ2) is 10.7. The average Bonchev–Trinajstić information content (AvgIpc) is 2.71. The van der Waals surface area contributed by atoms with Crippen LogP contribution in [0.2, 0.25) is 0 Å². The Balaban J connectivity index is 1.75. The van der Waals surface area contributed by atoms with Gasteiger partial charge in [-0.3, -0.25) is 9.59 Å². The maximum atomic E-state index is 12.1. The van der Waals surface area contributed by atoms with Gasteiger partial charge in [-0.15, -0.1) is 0 Å². The first-order chi connectivity index (χ1) is 13.5. The van der Waals surface area contributed by atoms with E-state index in [1.165, 1.54) is 0 Å². The molecule has 0 spiro atoms. The molecule has 0 aliphatic heterocycles. The van der Waals surface area contributed by atoms with Crippen molar-refractivity contribution in [2.45, 2.75) is 32.4 Å². The summed E-state index contributed by atoms with van der Waals surface area (Å²) in [7, 11) is 0. The molecule has 148 valence electrons. The topological polar surface area (TPSA) is 105 Å². The van der Waals surface area contributed by atoms with E-state index in [0.29, 0.717) is 18.5 Å². The number of amides is 2. The number of ether oxygens (including phenoxy) is 1. The van der Waals surface area contributed by atoms with Gasteiger partial charge in [0.15, 0.2) is 0 Å². The van der Waals surface area contributed by atoms with E-state index in [1.54, 1.807) is 31.2 Å². The number of para-hydroxylation sites is 1. The zero-order valence-electron chi connectivity index (χ0n) is 15.7. The zero-order chi connectivity index (χ0) is 20.4. The largest absolute Gasteiger partial charge is 0.493 e. The first-order valence-corrected chi connectivity index (χ1v) is 9.06. The van der Waals surface area contributed by atoms with Gasteiger partial charge in [-0.25, -0.2) is 4.79 Å². The van der Waals surface area contributed by atoms with Gasteiger partial charge in [0.1, 0.15) is 11.8 Å². The Morgan fingerprint density at radius 3 is 2.32 bits per heavy atom. The van der Waals surface area contributed by atoms with Crippen LogP contribution in [-0.2, 0) is 16.1 Å². The van der Waals surface area contributed by atoms with Crippen molar-refractivity contribution in [1.82, 2.24) is 10.6 Å². The Labute approximate surface area is 163 Å². The summed E-state index contributed by atoms with van der Waals surface area (Å²) in [5.74, 6) is -0.920. The van der Waals surface area contributed by atoms with Gasteiger partial charge in [-0.2, -0.15) is 0 Å². The lowest BCUT2D eigenvalue weighted by molar-refractivity contribution is -0.139. The summed E-state index contributed by atoms with van der Waals surface area (Å²) < 4.78 is 5.48. The highest BCUT2D eigenvalue weighted by Crippen LogP contribution is 2.09. The third-order valence-electron chi connectivity index (χ3n) is 4.06. The summed E-state index contributed by atoms with van der Waals surface area (Å²) in [5.41, 5.74) is 1.20. The molecule has 2 rings (SSSR count). The smallest absolute Gasteiger partial charge is 0.326 e. The molecule has 0 aliphatic carbocycles. The zero-order valence-corrected chi connectivity index (χ0v) is 15.7. The molecule has 0 bridgehead atoms. The molecule has 2 aromatic rings. The molecule has 7 nitrogen and oxygen atoms in total. The highest BCUT2D eigenvalue weighted by Gasteiger charge is 2.18. The quantitative estimate of drug-likeness (QED) is 0.583. The molecule has 1 unspecified atom stereocenters. The number of carbonyl (C=O) groups excluding carboxylic acids is 2.